The smallest absolute Gasteiger partial charge is 0.247 e. The van der Waals surface area contributed by atoms with Gasteiger partial charge in [-0.2, -0.15) is 4.98 Å². The van der Waals surface area contributed by atoms with Crippen LogP contribution in [0.15, 0.2) is 36.8 Å². The third kappa shape index (κ3) is 3.51. The second kappa shape index (κ2) is 7.68. The molecular formula is C22H23FN8. The van der Waals surface area contributed by atoms with Gasteiger partial charge in [0.1, 0.15) is 5.82 Å². The van der Waals surface area contributed by atoms with Gasteiger partial charge in [-0.15, -0.1) is 5.10 Å². The molecule has 0 aliphatic carbocycles. The normalized spacial score (nSPS) is 14.5. The molecule has 31 heavy (non-hydrogen) atoms. The van der Waals surface area contributed by atoms with Gasteiger partial charge < -0.3 is 5.32 Å². The lowest BCUT2D eigenvalue weighted by molar-refractivity contribution is 0.623. The molecule has 0 saturated carbocycles. The molecule has 8 nitrogen and oxygen atoms in total. The van der Waals surface area contributed by atoms with Crippen LogP contribution in [0.4, 0.5) is 16.0 Å². The number of hydrazine groups is 1. The van der Waals surface area contributed by atoms with Crippen molar-refractivity contribution in [2.45, 2.75) is 26.7 Å². The molecule has 0 spiro atoms. The number of aryl methyl sites for hydroxylation is 2. The standard InChI is InChI=1S/C22H23FN8/c1-12-8-17(18(23)11-25-12)20-16(15-9-26-27-10-15)5-7-31-21(20)29-22(30-31)28-19-4-6-24-14(3)13(19)2/h4-8,11,15,26-27H,9-10H2,1-3H3,(H,24,28,30). The van der Waals surface area contributed by atoms with Gasteiger partial charge in [0.25, 0.3) is 0 Å². The molecule has 158 valence electrons. The van der Waals surface area contributed by atoms with E-state index in [1.807, 2.05) is 39.1 Å². The van der Waals surface area contributed by atoms with E-state index in [1.54, 1.807) is 16.8 Å². The molecule has 5 rings (SSSR count). The van der Waals surface area contributed by atoms with Crippen LogP contribution in [-0.2, 0) is 0 Å². The van der Waals surface area contributed by atoms with Crippen molar-refractivity contribution in [2.24, 2.45) is 0 Å². The zero-order valence-corrected chi connectivity index (χ0v) is 17.6. The van der Waals surface area contributed by atoms with Crippen LogP contribution in [0.2, 0.25) is 0 Å². The zero-order valence-electron chi connectivity index (χ0n) is 17.6. The van der Waals surface area contributed by atoms with E-state index in [1.165, 1.54) is 6.20 Å². The summed E-state index contributed by atoms with van der Waals surface area (Å²) in [6.07, 6.45) is 4.89. The van der Waals surface area contributed by atoms with Gasteiger partial charge in [0.2, 0.25) is 5.95 Å². The average Bonchev–Trinajstić information content (AvgIpc) is 3.42. The first-order valence-electron chi connectivity index (χ1n) is 10.2. The zero-order chi connectivity index (χ0) is 21.5. The second-order valence-corrected chi connectivity index (χ2v) is 7.81. The van der Waals surface area contributed by atoms with Gasteiger partial charge in [-0.3, -0.25) is 20.8 Å². The molecule has 1 aliphatic rings. The van der Waals surface area contributed by atoms with Gasteiger partial charge in [0.05, 0.1) is 6.20 Å². The molecule has 0 amide bonds. The van der Waals surface area contributed by atoms with Crippen molar-refractivity contribution in [1.29, 1.82) is 0 Å². The Hall–Kier alpha value is -3.43. The van der Waals surface area contributed by atoms with Gasteiger partial charge >= 0.3 is 0 Å². The fourth-order valence-corrected chi connectivity index (χ4v) is 3.94. The number of rotatable bonds is 4. The molecule has 0 unspecified atom stereocenters. The molecule has 0 radical (unpaired) electrons. The lowest BCUT2D eigenvalue weighted by Crippen LogP contribution is -2.21. The lowest BCUT2D eigenvalue weighted by Gasteiger charge is -2.16. The van der Waals surface area contributed by atoms with E-state index in [-0.39, 0.29) is 11.7 Å². The minimum absolute atomic E-state index is 0.186. The summed E-state index contributed by atoms with van der Waals surface area (Å²) in [5.41, 5.74) is 12.7. The topological polar surface area (TPSA) is 92.1 Å². The Kier molecular flexibility index (Phi) is 4.84. The van der Waals surface area contributed by atoms with Crippen molar-refractivity contribution in [1.82, 2.24) is 35.4 Å². The molecule has 9 heteroatoms. The van der Waals surface area contributed by atoms with Gasteiger partial charge in [0.15, 0.2) is 5.65 Å². The highest BCUT2D eigenvalue weighted by Crippen LogP contribution is 2.35. The summed E-state index contributed by atoms with van der Waals surface area (Å²) in [5, 5.41) is 7.87. The first-order chi connectivity index (χ1) is 15.0. The summed E-state index contributed by atoms with van der Waals surface area (Å²) >= 11 is 0. The third-order valence-corrected chi connectivity index (χ3v) is 5.76. The van der Waals surface area contributed by atoms with E-state index >= 15 is 0 Å². The molecule has 4 aromatic rings. The SMILES string of the molecule is Cc1cc(-c2c(C3CNNC3)ccn3nc(Nc4ccnc(C)c4C)nc23)c(F)cn1. The van der Waals surface area contributed by atoms with Gasteiger partial charge in [-0.25, -0.2) is 8.91 Å². The first kappa shape index (κ1) is 19.5. The largest absolute Gasteiger partial charge is 0.323 e. The summed E-state index contributed by atoms with van der Waals surface area (Å²) in [7, 11) is 0. The molecule has 5 heterocycles. The van der Waals surface area contributed by atoms with Crippen molar-refractivity contribution >= 4 is 17.3 Å². The maximum absolute atomic E-state index is 14.9. The Morgan fingerprint density at radius 1 is 1.13 bits per heavy atom. The number of nitrogens with one attached hydrogen (secondary N) is 3. The Labute approximate surface area is 178 Å². The Bertz CT molecular complexity index is 1280. The van der Waals surface area contributed by atoms with Gasteiger partial charge in [-0.1, -0.05) is 0 Å². The van der Waals surface area contributed by atoms with Crippen LogP contribution in [0.3, 0.4) is 0 Å². The Morgan fingerprint density at radius 3 is 2.74 bits per heavy atom. The summed E-state index contributed by atoms with van der Waals surface area (Å²) in [6, 6.07) is 5.65. The number of nitrogens with zero attached hydrogens (tertiary/aromatic N) is 5. The minimum Gasteiger partial charge on any atom is -0.323 e. The van der Waals surface area contributed by atoms with Crippen LogP contribution >= 0.6 is 0 Å². The quantitative estimate of drug-likeness (QED) is 0.469. The van der Waals surface area contributed by atoms with Crippen LogP contribution in [0.25, 0.3) is 16.8 Å². The Morgan fingerprint density at radius 2 is 1.94 bits per heavy atom. The number of hydrogen-bond donors (Lipinski definition) is 3. The Balaban J connectivity index is 1.68. The number of anilines is 2. The summed E-state index contributed by atoms with van der Waals surface area (Å²) in [6.45, 7) is 7.32. The minimum atomic E-state index is -0.378. The van der Waals surface area contributed by atoms with Crippen molar-refractivity contribution < 1.29 is 4.39 Å². The maximum atomic E-state index is 14.9. The molecule has 1 fully saturated rings. The summed E-state index contributed by atoms with van der Waals surface area (Å²) < 4.78 is 16.6. The second-order valence-electron chi connectivity index (χ2n) is 7.81. The van der Waals surface area contributed by atoms with E-state index in [9.17, 15) is 4.39 Å². The molecule has 0 bridgehead atoms. The summed E-state index contributed by atoms with van der Waals surface area (Å²) in [5.74, 6) is 0.254. The number of aromatic nitrogens is 5. The molecular weight excluding hydrogens is 395 g/mol. The van der Waals surface area contributed by atoms with Crippen molar-refractivity contribution in [2.75, 3.05) is 18.4 Å². The van der Waals surface area contributed by atoms with E-state index in [4.69, 9.17) is 4.98 Å². The van der Waals surface area contributed by atoms with E-state index in [0.29, 0.717) is 17.2 Å². The summed E-state index contributed by atoms with van der Waals surface area (Å²) in [4.78, 5) is 13.1. The van der Waals surface area contributed by atoms with Crippen molar-refractivity contribution in [3.05, 3.63) is 65.1 Å². The third-order valence-electron chi connectivity index (χ3n) is 5.76. The molecule has 3 N–H and O–H groups in total. The van der Waals surface area contributed by atoms with Crippen LogP contribution in [0, 0.1) is 26.6 Å². The number of pyridine rings is 3. The number of halogens is 1. The van der Waals surface area contributed by atoms with Crippen LogP contribution < -0.4 is 16.2 Å². The highest BCUT2D eigenvalue weighted by molar-refractivity contribution is 5.82. The molecule has 1 saturated heterocycles. The average molecular weight is 418 g/mol. The van der Waals surface area contributed by atoms with Gasteiger partial charge in [-0.05, 0) is 50.1 Å². The predicted molar refractivity (Wildman–Crippen MR) is 117 cm³/mol. The highest BCUT2D eigenvalue weighted by Gasteiger charge is 2.25. The predicted octanol–water partition coefficient (Wildman–Crippen LogP) is 3.19. The van der Waals surface area contributed by atoms with Crippen molar-refractivity contribution in [3.63, 3.8) is 0 Å². The molecule has 0 aromatic carbocycles. The van der Waals surface area contributed by atoms with Gasteiger partial charge in [0, 0.05) is 59.6 Å². The molecule has 1 aliphatic heterocycles. The van der Waals surface area contributed by atoms with Crippen LogP contribution in [0.5, 0.6) is 0 Å². The highest BCUT2D eigenvalue weighted by atomic mass is 19.1. The first-order valence-corrected chi connectivity index (χ1v) is 10.2. The van der Waals surface area contributed by atoms with Crippen LogP contribution in [-0.4, -0.2) is 37.7 Å². The lowest BCUT2D eigenvalue weighted by atomic mass is 9.92. The van der Waals surface area contributed by atoms with Crippen LogP contribution in [0.1, 0.15) is 28.4 Å². The fourth-order valence-electron chi connectivity index (χ4n) is 3.94. The van der Waals surface area contributed by atoms with E-state index in [0.717, 1.165) is 46.9 Å². The monoisotopic (exact) mass is 418 g/mol. The maximum Gasteiger partial charge on any atom is 0.247 e. The molecule has 4 aromatic heterocycles. The van der Waals surface area contributed by atoms with E-state index < -0.39 is 0 Å². The van der Waals surface area contributed by atoms with E-state index in [2.05, 4.69) is 31.2 Å². The fraction of sp³-hybridized carbons (Fsp3) is 0.273. The van der Waals surface area contributed by atoms with Crippen molar-refractivity contribution in [3.8, 4) is 11.1 Å². The number of hydrogen-bond acceptors (Lipinski definition) is 7. The number of fused-ring (bicyclic) bond motifs is 1. The molecule has 0 atom stereocenters.